The molecule has 29 heavy (non-hydrogen) atoms. The number of likely N-dealkylation sites (tertiary alicyclic amines) is 1. The topological polar surface area (TPSA) is 47.1 Å². The van der Waals surface area contributed by atoms with Gasteiger partial charge in [0.2, 0.25) is 0 Å². The molecule has 2 aliphatic heterocycles. The lowest BCUT2D eigenvalue weighted by atomic mass is 9.70. The molecule has 1 aromatic heterocycles. The van der Waals surface area contributed by atoms with Gasteiger partial charge in [-0.15, -0.1) is 12.4 Å². The highest BCUT2D eigenvalue weighted by Gasteiger charge is 2.43. The second kappa shape index (κ2) is 8.31. The number of imidazole rings is 1. The molecule has 5 heteroatoms. The molecular weight excluding hydrogens is 380 g/mol. The van der Waals surface area contributed by atoms with Gasteiger partial charge in [0.05, 0.1) is 11.1 Å². The number of benzene rings is 2. The van der Waals surface area contributed by atoms with E-state index >= 15 is 0 Å². The molecule has 1 spiro atoms. The molecule has 0 atom stereocenters. The summed E-state index contributed by atoms with van der Waals surface area (Å²) >= 11 is 0. The zero-order valence-electron chi connectivity index (χ0n) is 16.8. The minimum absolute atomic E-state index is 0. The average Bonchev–Trinajstić information content (AvgIpc) is 3.12. The fourth-order valence-electron chi connectivity index (χ4n) is 5.19. The van der Waals surface area contributed by atoms with Crippen LogP contribution in [-0.4, -0.2) is 27.5 Å². The van der Waals surface area contributed by atoms with Gasteiger partial charge in [0.25, 0.3) is 0 Å². The molecule has 0 radical (unpaired) electrons. The summed E-state index contributed by atoms with van der Waals surface area (Å²) in [6.07, 6.45) is 5.28. The largest absolute Gasteiger partial charge is 0.330 e. The number of hydrogen-bond donors (Lipinski definition) is 1. The van der Waals surface area contributed by atoms with Gasteiger partial charge >= 0.3 is 0 Å². The summed E-state index contributed by atoms with van der Waals surface area (Å²) in [5.41, 5.74) is 11.6. The predicted molar refractivity (Wildman–Crippen MR) is 119 cm³/mol. The van der Waals surface area contributed by atoms with Crippen LogP contribution in [0.25, 0.3) is 0 Å². The lowest BCUT2D eigenvalue weighted by Crippen LogP contribution is -2.44. The fourth-order valence-corrected chi connectivity index (χ4v) is 5.19. The Hall–Kier alpha value is -2.14. The van der Waals surface area contributed by atoms with Gasteiger partial charge in [0.15, 0.2) is 0 Å². The van der Waals surface area contributed by atoms with Gasteiger partial charge < -0.3 is 10.3 Å². The van der Waals surface area contributed by atoms with Gasteiger partial charge in [-0.1, -0.05) is 54.6 Å². The normalized spacial score (nSPS) is 17.8. The van der Waals surface area contributed by atoms with Crippen LogP contribution in [0.1, 0.15) is 41.1 Å². The highest BCUT2D eigenvalue weighted by molar-refractivity contribution is 5.85. The number of halogens is 1. The third-order valence-electron chi connectivity index (χ3n) is 6.67. The van der Waals surface area contributed by atoms with Crippen molar-refractivity contribution in [1.29, 1.82) is 0 Å². The fraction of sp³-hybridized carbons (Fsp3) is 0.375. The maximum absolute atomic E-state index is 6.03. The molecule has 0 aliphatic carbocycles. The van der Waals surface area contributed by atoms with Crippen molar-refractivity contribution >= 4 is 12.4 Å². The van der Waals surface area contributed by atoms with Gasteiger partial charge in [-0.05, 0) is 49.0 Å². The number of aryl methyl sites for hydroxylation is 1. The lowest BCUT2D eigenvalue weighted by molar-refractivity contribution is 0.166. The first-order chi connectivity index (χ1) is 13.8. The molecule has 2 aliphatic rings. The van der Waals surface area contributed by atoms with Crippen molar-refractivity contribution in [1.82, 2.24) is 14.5 Å². The molecule has 3 heterocycles. The standard InChI is InChI=1S/C24H28N4.ClH/c25-16-21-17-26-23-24(22-9-5-4-8-20(22)10-13-28(21)23)11-14-27(15-12-24)18-19-6-2-1-3-7-19;/h1-9,17H,10-16,18,25H2;1H. The molecule has 152 valence electrons. The smallest absolute Gasteiger partial charge is 0.119 e. The predicted octanol–water partition coefficient (Wildman–Crippen LogP) is 3.90. The molecule has 1 saturated heterocycles. The first-order valence-corrected chi connectivity index (χ1v) is 10.4. The summed E-state index contributed by atoms with van der Waals surface area (Å²) in [5.74, 6) is 1.23. The second-order valence-corrected chi connectivity index (χ2v) is 8.18. The minimum Gasteiger partial charge on any atom is -0.330 e. The van der Waals surface area contributed by atoms with E-state index in [4.69, 9.17) is 10.7 Å². The SMILES string of the molecule is Cl.NCc1cnc2n1CCc1ccccc1C21CCN(Cc2ccccc2)CC1. The molecule has 0 unspecified atom stereocenters. The van der Waals surface area contributed by atoms with E-state index in [2.05, 4.69) is 64.1 Å². The van der Waals surface area contributed by atoms with Crippen LogP contribution in [0.2, 0.25) is 0 Å². The Morgan fingerprint density at radius 3 is 2.41 bits per heavy atom. The van der Waals surface area contributed by atoms with E-state index in [1.807, 2.05) is 6.20 Å². The number of nitrogens with two attached hydrogens (primary N) is 1. The summed E-state index contributed by atoms with van der Waals surface area (Å²) in [6, 6.07) is 19.8. The zero-order chi connectivity index (χ0) is 19.0. The van der Waals surface area contributed by atoms with Crippen LogP contribution in [0.4, 0.5) is 0 Å². The number of hydrogen-bond acceptors (Lipinski definition) is 3. The summed E-state index contributed by atoms with van der Waals surface area (Å²) in [7, 11) is 0. The Morgan fingerprint density at radius 2 is 1.66 bits per heavy atom. The van der Waals surface area contributed by atoms with E-state index in [1.165, 1.54) is 22.5 Å². The van der Waals surface area contributed by atoms with E-state index < -0.39 is 0 Å². The highest BCUT2D eigenvalue weighted by Crippen LogP contribution is 2.44. The van der Waals surface area contributed by atoms with Gasteiger partial charge in [0.1, 0.15) is 5.82 Å². The van der Waals surface area contributed by atoms with Crippen LogP contribution in [0.5, 0.6) is 0 Å². The molecule has 0 amide bonds. The number of aromatic nitrogens is 2. The van der Waals surface area contributed by atoms with E-state index in [0.717, 1.165) is 51.1 Å². The van der Waals surface area contributed by atoms with Crippen molar-refractivity contribution in [2.24, 2.45) is 5.73 Å². The van der Waals surface area contributed by atoms with E-state index in [0.29, 0.717) is 6.54 Å². The number of piperidine rings is 1. The van der Waals surface area contributed by atoms with Crippen molar-refractivity contribution in [3.8, 4) is 0 Å². The van der Waals surface area contributed by atoms with Gasteiger partial charge in [-0.2, -0.15) is 0 Å². The zero-order valence-corrected chi connectivity index (χ0v) is 17.6. The van der Waals surface area contributed by atoms with Crippen molar-refractivity contribution in [3.63, 3.8) is 0 Å². The summed E-state index contributed by atoms with van der Waals surface area (Å²) in [5, 5.41) is 0. The molecular formula is C24H29ClN4. The van der Waals surface area contributed by atoms with Gasteiger partial charge in [0, 0.05) is 25.8 Å². The third-order valence-corrected chi connectivity index (χ3v) is 6.67. The van der Waals surface area contributed by atoms with Crippen LogP contribution in [0.15, 0.2) is 60.8 Å². The van der Waals surface area contributed by atoms with E-state index in [9.17, 15) is 0 Å². The van der Waals surface area contributed by atoms with Crippen LogP contribution < -0.4 is 5.73 Å². The van der Waals surface area contributed by atoms with Crippen molar-refractivity contribution in [3.05, 3.63) is 89.0 Å². The summed E-state index contributed by atoms with van der Waals surface area (Å²) in [6.45, 7) is 4.75. The summed E-state index contributed by atoms with van der Waals surface area (Å²) < 4.78 is 2.41. The first kappa shape index (κ1) is 20.1. The van der Waals surface area contributed by atoms with Crippen molar-refractivity contribution in [2.45, 2.75) is 44.3 Å². The number of rotatable bonds is 3. The van der Waals surface area contributed by atoms with E-state index in [1.54, 1.807) is 0 Å². The van der Waals surface area contributed by atoms with Crippen LogP contribution in [-0.2, 0) is 31.5 Å². The molecule has 1 fully saturated rings. The molecule has 4 nitrogen and oxygen atoms in total. The lowest BCUT2D eigenvalue weighted by Gasteiger charge is -2.42. The Labute approximate surface area is 179 Å². The Kier molecular flexibility index (Phi) is 5.77. The Balaban J connectivity index is 0.00000205. The number of nitrogens with zero attached hydrogens (tertiary/aromatic N) is 3. The first-order valence-electron chi connectivity index (χ1n) is 10.4. The molecule has 5 rings (SSSR count). The van der Waals surface area contributed by atoms with Crippen molar-refractivity contribution in [2.75, 3.05) is 13.1 Å². The monoisotopic (exact) mass is 408 g/mol. The Morgan fingerprint density at radius 1 is 0.931 bits per heavy atom. The minimum atomic E-state index is 0. The molecule has 3 aromatic rings. The highest BCUT2D eigenvalue weighted by atomic mass is 35.5. The van der Waals surface area contributed by atoms with Crippen LogP contribution >= 0.6 is 12.4 Å². The van der Waals surface area contributed by atoms with Crippen LogP contribution in [0.3, 0.4) is 0 Å². The second-order valence-electron chi connectivity index (χ2n) is 8.18. The quantitative estimate of drug-likeness (QED) is 0.714. The summed E-state index contributed by atoms with van der Waals surface area (Å²) in [4.78, 5) is 7.53. The van der Waals surface area contributed by atoms with E-state index in [-0.39, 0.29) is 17.8 Å². The Bertz CT molecular complexity index is 958. The molecule has 0 bridgehead atoms. The molecule has 0 saturated carbocycles. The maximum atomic E-state index is 6.03. The molecule has 2 aromatic carbocycles. The number of fused-ring (bicyclic) bond motifs is 4. The van der Waals surface area contributed by atoms with Crippen LogP contribution in [0, 0.1) is 0 Å². The average molecular weight is 409 g/mol. The maximum Gasteiger partial charge on any atom is 0.119 e. The van der Waals surface area contributed by atoms with Gasteiger partial charge in [-0.3, -0.25) is 4.90 Å². The third kappa shape index (κ3) is 3.50. The molecule has 2 N–H and O–H groups in total. The van der Waals surface area contributed by atoms with Gasteiger partial charge in [-0.25, -0.2) is 4.98 Å². The van der Waals surface area contributed by atoms with Crippen molar-refractivity contribution < 1.29 is 0 Å².